The molecule has 0 aliphatic heterocycles. The summed E-state index contributed by atoms with van der Waals surface area (Å²) in [5.74, 6) is -0.298. The van der Waals surface area contributed by atoms with Crippen LogP contribution in [0, 0.1) is 12.7 Å². The van der Waals surface area contributed by atoms with Gasteiger partial charge >= 0.3 is 6.03 Å². The molecule has 2 amide bonds. The Morgan fingerprint density at radius 3 is 2.62 bits per heavy atom. The summed E-state index contributed by atoms with van der Waals surface area (Å²) in [7, 11) is 0. The SMILES string of the molecule is CCN(C(=O)NCc1cccc(F)c1)c1cccc(C)c1. The maximum absolute atomic E-state index is 13.1. The van der Waals surface area contributed by atoms with E-state index in [0.29, 0.717) is 13.1 Å². The van der Waals surface area contributed by atoms with Crippen molar-refractivity contribution in [2.45, 2.75) is 20.4 Å². The van der Waals surface area contributed by atoms with Gasteiger partial charge in [-0.3, -0.25) is 4.90 Å². The number of carbonyl (C=O) groups is 1. The molecule has 0 fully saturated rings. The van der Waals surface area contributed by atoms with Gasteiger partial charge in [-0.05, 0) is 49.2 Å². The lowest BCUT2D eigenvalue weighted by Gasteiger charge is -2.22. The van der Waals surface area contributed by atoms with Crippen LogP contribution < -0.4 is 10.2 Å². The van der Waals surface area contributed by atoms with Crippen molar-refractivity contribution in [2.75, 3.05) is 11.4 Å². The highest BCUT2D eigenvalue weighted by molar-refractivity contribution is 5.91. The second kappa shape index (κ2) is 6.88. The lowest BCUT2D eigenvalue weighted by atomic mass is 10.2. The first-order chi connectivity index (χ1) is 10.1. The number of hydrogen-bond acceptors (Lipinski definition) is 1. The van der Waals surface area contributed by atoms with Gasteiger partial charge in [0.1, 0.15) is 5.82 Å². The molecule has 2 aromatic carbocycles. The Morgan fingerprint density at radius 2 is 1.95 bits per heavy atom. The Balaban J connectivity index is 2.04. The van der Waals surface area contributed by atoms with Crippen LogP contribution in [0.25, 0.3) is 0 Å². The van der Waals surface area contributed by atoms with Crippen molar-refractivity contribution in [2.24, 2.45) is 0 Å². The molecule has 110 valence electrons. The molecule has 0 heterocycles. The number of anilines is 1. The van der Waals surface area contributed by atoms with E-state index in [1.807, 2.05) is 38.1 Å². The molecule has 0 spiro atoms. The Bertz CT molecular complexity index is 628. The molecule has 0 aliphatic rings. The summed E-state index contributed by atoms with van der Waals surface area (Å²) in [6.45, 7) is 4.78. The van der Waals surface area contributed by atoms with E-state index in [4.69, 9.17) is 0 Å². The number of halogens is 1. The van der Waals surface area contributed by atoms with Crippen LogP contribution >= 0.6 is 0 Å². The molecular weight excluding hydrogens is 267 g/mol. The predicted molar refractivity (Wildman–Crippen MR) is 82.8 cm³/mol. The molecule has 0 aliphatic carbocycles. The molecule has 0 radical (unpaired) electrons. The topological polar surface area (TPSA) is 32.3 Å². The Hall–Kier alpha value is -2.36. The van der Waals surface area contributed by atoms with Gasteiger partial charge in [-0.15, -0.1) is 0 Å². The van der Waals surface area contributed by atoms with Gasteiger partial charge in [0.2, 0.25) is 0 Å². The number of carbonyl (C=O) groups excluding carboxylic acids is 1. The van der Waals surface area contributed by atoms with Gasteiger partial charge in [-0.1, -0.05) is 24.3 Å². The summed E-state index contributed by atoms with van der Waals surface area (Å²) in [6, 6.07) is 13.8. The number of hydrogen-bond donors (Lipinski definition) is 1. The monoisotopic (exact) mass is 286 g/mol. The van der Waals surface area contributed by atoms with Crippen molar-refractivity contribution >= 4 is 11.7 Å². The van der Waals surface area contributed by atoms with Crippen molar-refractivity contribution < 1.29 is 9.18 Å². The molecule has 0 aromatic heterocycles. The maximum atomic E-state index is 13.1. The summed E-state index contributed by atoms with van der Waals surface area (Å²) in [6.07, 6.45) is 0. The summed E-state index contributed by atoms with van der Waals surface area (Å²) in [5, 5.41) is 2.82. The van der Waals surface area contributed by atoms with Gasteiger partial charge in [-0.2, -0.15) is 0 Å². The second-order valence-corrected chi connectivity index (χ2v) is 4.87. The number of aryl methyl sites for hydroxylation is 1. The van der Waals surface area contributed by atoms with Crippen molar-refractivity contribution in [1.82, 2.24) is 5.32 Å². The quantitative estimate of drug-likeness (QED) is 0.909. The van der Waals surface area contributed by atoms with Gasteiger partial charge in [0, 0.05) is 18.8 Å². The molecule has 1 N–H and O–H groups in total. The number of benzene rings is 2. The van der Waals surface area contributed by atoms with Crippen LogP contribution in [0.15, 0.2) is 48.5 Å². The van der Waals surface area contributed by atoms with Crippen molar-refractivity contribution in [3.05, 3.63) is 65.5 Å². The van der Waals surface area contributed by atoms with E-state index in [2.05, 4.69) is 5.32 Å². The van der Waals surface area contributed by atoms with Crippen molar-refractivity contribution in [3.8, 4) is 0 Å². The molecule has 0 bridgehead atoms. The van der Waals surface area contributed by atoms with Gasteiger partial charge < -0.3 is 5.32 Å². The van der Waals surface area contributed by atoms with E-state index in [1.165, 1.54) is 12.1 Å². The second-order valence-electron chi connectivity index (χ2n) is 4.87. The molecule has 21 heavy (non-hydrogen) atoms. The smallest absolute Gasteiger partial charge is 0.322 e. The van der Waals surface area contributed by atoms with Crippen LogP contribution in [0.2, 0.25) is 0 Å². The Morgan fingerprint density at radius 1 is 1.19 bits per heavy atom. The minimum absolute atomic E-state index is 0.188. The van der Waals surface area contributed by atoms with Gasteiger partial charge in [0.25, 0.3) is 0 Å². The summed E-state index contributed by atoms with van der Waals surface area (Å²) in [4.78, 5) is 13.9. The molecule has 4 heteroatoms. The molecule has 2 aromatic rings. The number of nitrogens with one attached hydrogen (secondary N) is 1. The minimum Gasteiger partial charge on any atom is -0.334 e. The first kappa shape index (κ1) is 15.0. The third-order valence-corrected chi connectivity index (χ3v) is 3.21. The zero-order valence-corrected chi connectivity index (χ0v) is 12.3. The molecule has 3 nitrogen and oxygen atoms in total. The average molecular weight is 286 g/mol. The van der Waals surface area contributed by atoms with E-state index in [0.717, 1.165) is 16.8 Å². The fourth-order valence-electron chi connectivity index (χ4n) is 2.16. The fraction of sp³-hybridized carbons (Fsp3) is 0.235. The van der Waals surface area contributed by atoms with Crippen LogP contribution in [-0.2, 0) is 6.54 Å². The number of amides is 2. The first-order valence-corrected chi connectivity index (χ1v) is 6.96. The van der Waals surface area contributed by atoms with Gasteiger partial charge in [0.05, 0.1) is 0 Å². The highest BCUT2D eigenvalue weighted by Gasteiger charge is 2.13. The van der Waals surface area contributed by atoms with Crippen LogP contribution in [0.5, 0.6) is 0 Å². The first-order valence-electron chi connectivity index (χ1n) is 6.96. The minimum atomic E-state index is -0.298. The van der Waals surface area contributed by atoms with Crippen molar-refractivity contribution in [1.29, 1.82) is 0 Å². The van der Waals surface area contributed by atoms with Gasteiger partial charge in [-0.25, -0.2) is 9.18 Å². The van der Waals surface area contributed by atoms with Crippen LogP contribution in [0.3, 0.4) is 0 Å². The molecule has 0 unspecified atom stereocenters. The zero-order valence-electron chi connectivity index (χ0n) is 12.3. The van der Waals surface area contributed by atoms with E-state index in [1.54, 1.807) is 17.0 Å². The third-order valence-electron chi connectivity index (χ3n) is 3.21. The molecular formula is C17H19FN2O. The average Bonchev–Trinajstić information content (AvgIpc) is 2.46. The maximum Gasteiger partial charge on any atom is 0.322 e. The highest BCUT2D eigenvalue weighted by Crippen LogP contribution is 2.16. The summed E-state index contributed by atoms with van der Waals surface area (Å²) < 4.78 is 13.1. The predicted octanol–water partition coefficient (Wildman–Crippen LogP) is 3.87. The number of nitrogens with zero attached hydrogens (tertiary/aromatic N) is 1. The van der Waals surface area contributed by atoms with Crippen LogP contribution in [0.1, 0.15) is 18.1 Å². The van der Waals surface area contributed by atoms with Gasteiger partial charge in [0.15, 0.2) is 0 Å². The fourth-order valence-corrected chi connectivity index (χ4v) is 2.16. The summed E-state index contributed by atoms with van der Waals surface area (Å²) >= 11 is 0. The van der Waals surface area contributed by atoms with E-state index >= 15 is 0 Å². The summed E-state index contributed by atoms with van der Waals surface area (Å²) in [5.41, 5.74) is 2.70. The largest absolute Gasteiger partial charge is 0.334 e. The van der Waals surface area contributed by atoms with E-state index in [-0.39, 0.29) is 11.8 Å². The Labute approximate surface area is 124 Å². The molecule has 0 atom stereocenters. The lowest BCUT2D eigenvalue weighted by molar-refractivity contribution is 0.246. The zero-order chi connectivity index (χ0) is 15.2. The van der Waals surface area contributed by atoms with Crippen molar-refractivity contribution in [3.63, 3.8) is 0 Å². The third kappa shape index (κ3) is 4.05. The molecule has 0 saturated heterocycles. The molecule has 2 rings (SSSR count). The normalized spacial score (nSPS) is 10.2. The standard InChI is InChI=1S/C17H19FN2O/c1-3-20(16-9-4-6-13(2)10-16)17(21)19-12-14-7-5-8-15(18)11-14/h4-11H,3,12H2,1-2H3,(H,19,21). The number of urea groups is 1. The molecule has 0 saturated carbocycles. The van der Waals surface area contributed by atoms with E-state index in [9.17, 15) is 9.18 Å². The highest BCUT2D eigenvalue weighted by atomic mass is 19.1. The van der Waals surface area contributed by atoms with Crippen LogP contribution in [-0.4, -0.2) is 12.6 Å². The van der Waals surface area contributed by atoms with E-state index < -0.39 is 0 Å². The lowest BCUT2D eigenvalue weighted by Crippen LogP contribution is -2.39. The van der Waals surface area contributed by atoms with Crippen LogP contribution in [0.4, 0.5) is 14.9 Å². The number of rotatable bonds is 4. The Kier molecular flexibility index (Phi) is 4.93.